The molecule has 0 radical (unpaired) electrons. The summed E-state index contributed by atoms with van der Waals surface area (Å²) in [5, 5.41) is 11.4. The number of aryl methyl sites for hydroxylation is 2. The van der Waals surface area contributed by atoms with Crippen molar-refractivity contribution in [3.8, 4) is 0 Å². The quantitative estimate of drug-likeness (QED) is 0.202. The number of guanidine groups is 1. The third-order valence-electron chi connectivity index (χ3n) is 3.42. The summed E-state index contributed by atoms with van der Waals surface area (Å²) in [6.45, 7) is 7.39. The number of halogens is 2. The fourth-order valence-electron chi connectivity index (χ4n) is 2.23. The van der Waals surface area contributed by atoms with E-state index < -0.39 is 0 Å². The lowest BCUT2D eigenvalue weighted by atomic mass is 10.2. The first-order valence-corrected chi connectivity index (χ1v) is 8.67. The molecule has 6 nitrogen and oxygen atoms in total. The molecule has 0 fully saturated rings. The maximum Gasteiger partial charge on any atom is 0.191 e. The van der Waals surface area contributed by atoms with E-state index in [9.17, 15) is 0 Å². The Hall–Kier alpha value is -1.35. The molecule has 0 aromatic carbocycles. The van der Waals surface area contributed by atoms with Crippen LogP contribution in [0.2, 0.25) is 5.15 Å². The van der Waals surface area contributed by atoms with Gasteiger partial charge in [0.1, 0.15) is 5.15 Å². The van der Waals surface area contributed by atoms with E-state index in [0.717, 1.165) is 50.5 Å². The van der Waals surface area contributed by atoms with Crippen molar-refractivity contribution in [1.29, 1.82) is 0 Å². The van der Waals surface area contributed by atoms with Gasteiger partial charge in [-0.25, -0.2) is 4.98 Å². The molecule has 2 aromatic heterocycles. The second-order valence-corrected chi connectivity index (χ2v) is 5.95. The minimum Gasteiger partial charge on any atom is -0.357 e. The van der Waals surface area contributed by atoms with Crippen molar-refractivity contribution in [3.05, 3.63) is 47.0 Å². The Balaban J connectivity index is 0.00000312. The lowest BCUT2D eigenvalue weighted by Gasteiger charge is -2.11. The van der Waals surface area contributed by atoms with Crippen molar-refractivity contribution in [2.75, 3.05) is 19.6 Å². The standard InChI is InChI=1S/C17H25ClN6.HI/c1-3-19-17(20-8-4-10-24-13-14(2)11-23-24)21-9-7-15-5-6-16(18)22-12-15;/h5-6,11-13H,3-4,7-10H2,1-2H3,(H2,19,20,21);1H. The van der Waals surface area contributed by atoms with E-state index in [1.165, 1.54) is 5.56 Å². The lowest BCUT2D eigenvalue weighted by Crippen LogP contribution is -2.38. The first-order chi connectivity index (χ1) is 11.7. The molecule has 0 aliphatic rings. The summed E-state index contributed by atoms with van der Waals surface area (Å²) < 4.78 is 1.96. The summed E-state index contributed by atoms with van der Waals surface area (Å²) in [5.74, 6) is 0.844. The van der Waals surface area contributed by atoms with Crippen LogP contribution in [0.1, 0.15) is 24.5 Å². The first kappa shape index (κ1) is 21.7. The molecule has 2 N–H and O–H groups in total. The van der Waals surface area contributed by atoms with Gasteiger partial charge in [-0.2, -0.15) is 5.10 Å². The van der Waals surface area contributed by atoms with Gasteiger partial charge in [-0.1, -0.05) is 17.7 Å². The third kappa shape index (κ3) is 8.53. The second-order valence-electron chi connectivity index (χ2n) is 5.56. The van der Waals surface area contributed by atoms with Gasteiger partial charge in [0.2, 0.25) is 0 Å². The Morgan fingerprint density at radius 2 is 2.12 bits per heavy atom. The van der Waals surface area contributed by atoms with Crippen LogP contribution >= 0.6 is 35.6 Å². The Labute approximate surface area is 171 Å². The smallest absolute Gasteiger partial charge is 0.191 e. The molecule has 25 heavy (non-hydrogen) atoms. The van der Waals surface area contributed by atoms with Crippen molar-refractivity contribution in [2.45, 2.75) is 33.2 Å². The van der Waals surface area contributed by atoms with Crippen molar-refractivity contribution in [1.82, 2.24) is 25.4 Å². The van der Waals surface area contributed by atoms with Gasteiger partial charge in [0.25, 0.3) is 0 Å². The van der Waals surface area contributed by atoms with E-state index >= 15 is 0 Å². The summed E-state index contributed by atoms with van der Waals surface area (Å²) in [7, 11) is 0. The van der Waals surface area contributed by atoms with Gasteiger partial charge in [0.05, 0.1) is 6.20 Å². The highest BCUT2D eigenvalue weighted by molar-refractivity contribution is 14.0. The summed E-state index contributed by atoms with van der Waals surface area (Å²) in [6.07, 6.45) is 7.56. The van der Waals surface area contributed by atoms with Gasteiger partial charge in [-0.05, 0) is 43.9 Å². The van der Waals surface area contributed by atoms with Crippen LogP contribution in [-0.4, -0.2) is 40.4 Å². The molecule has 0 atom stereocenters. The summed E-state index contributed by atoms with van der Waals surface area (Å²) in [4.78, 5) is 8.69. The Morgan fingerprint density at radius 3 is 2.76 bits per heavy atom. The Kier molecular flexibility index (Phi) is 10.5. The van der Waals surface area contributed by atoms with Crippen molar-refractivity contribution in [2.24, 2.45) is 4.99 Å². The first-order valence-electron chi connectivity index (χ1n) is 8.29. The van der Waals surface area contributed by atoms with Crippen molar-refractivity contribution < 1.29 is 0 Å². The molecule has 0 aliphatic carbocycles. The van der Waals surface area contributed by atoms with Crippen LogP contribution < -0.4 is 10.6 Å². The average molecular weight is 477 g/mol. The number of aliphatic imine (C=N–C) groups is 1. The fourth-order valence-corrected chi connectivity index (χ4v) is 2.35. The molecule has 8 heteroatoms. The fraction of sp³-hybridized carbons (Fsp3) is 0.471. The van der Waals surface area contributed by atoms with E-state index in [1.54, 1.807) is 6.20 Å². The zero-order valence-electron chi connectivity index (χ0n) is 14.7. The van der Waals surface area contributed by atoms with Crippen molar-refractivity contribution >= 4 is 41.5 Å². The maximum atomic E-state index is 5.79. The predicted octanol–water partition coefficient (Wildman–Crippen LogP) is 3.05. The maximum absolute atomic E-state index is 5.79. The zero-order chi connectivity index (χ0) is 17.2. The van der Waals surface area contributed by atoms with Crippen LogP contribution in [0.4, 0.5) is 0 Å². The average Bonchev–Trinajstić information content (AvgIpc) is 2.99. The largest absolute Gasteiger partial charge is 0.357 e. The molecule has 0 amide bonds. The van der Waals surface area contributed by atoms with E-state index in [1.807, 2.05) is 36.1 Å². The van der Waals surface area contributed by atoms with Gasteiger partial charge in [-0.3, -0.25) is 9.67 Å². The number of pyridine rings is 1. The predicted molar refractivity (Wildman–Crippen MR) is 114 cm³/mol. The molecule has 138 valence electrons. The number of nitrogens with zero attached hydrogens (tertiary/aromatic N) is 4. The van der Waals surface area contributed by atoms with Gasteiger partial charge in [0, 0.05) is 38.6 Å². The number of hydrogen-bond acceptors (Lipinski definition) is 3. The van der Waals surface area contributed by atoms with Crippen LogP contribution in [0.25, 0.3) is 0 Å². The molecule has 0 saturated heterocycles. The molecule has 2 rings (SSSR count). The van der Waals surface area contributed by atoms with Gasteiger partial charge >= 0.3 is 0 Å². The highest BCUT2D eigenvalue weighted by atomic mass is 127. The lowest BCUT2D eigenvalue weighted by molar-refractivity contribution is 0.583. The number of nitrogens with one attached hydrogen (secondary N) is 2. The van der Waals surface area contributed by atoms with Gasteiger partial charge < -0.3 is 10.6 Å². The van der Waals surface area contributed by atoms with Crippen LogP contribution in [0.15, 0.2) is 35.7 Å². The molecular formula is C17H26ClIN6. The molecule has 2 aromatic rings. The molecule has 0 aliphatic heterocycles. The molecular weight excluding hydrogens is 451 g/mol. The molecule has 0 unspecified atom stereocenters. The zero-order valence-corrected chi connectivity index (χ0v) is 17.8. The van der Waals surface area contributed by atoms with Gasteiger partial charge in [-0.15, -0.1) is 24.0 Å². The molecule has 2 heterocycles. The Bertz CT molecular complexity index is 641. The number of aromatic nitrogens is 3. The number of rotatable bonds is 8. The number of hydrogen-bond donors (Lipinski definition) is 2. The van der Waals surface area contributed by atoms with E-state index in [4.69, 9.17) is 11.6 Å². The summed E-state index contributed by atoms with van der Waals surface area (Å²) >= 11 is 5.79. The third-order valence-corrected chi connectivity index (χ3v) is 3.64. The monoisotopic (exact) mass is 476 g/mol. The SMILES string of the molecule is CCNC(=NCCCn1cc(C)cn1)NCCc1ccc(Cl)nc1.I. The van der Waals surface area contributed by atoms with Crippen molar-refractivity contribution in [3.63, 3.8) is 0 Å². The molecule has 0 spiro atoms. The van der Waals surface area contributed by atoms with E-state index in [2.05, 4.69) is 32.6 Å². The highest BCUT2D eigenvalue weighted by Crippen LogP contribution is 2.05. The van der Waals surface area contributed by atoms with Crippen LogP contribution in [0, 0.1) is 6.92 Å². The molecule has 0 bridgehead atoms. The summed E-state index contributed by atoms with van der Waals surface area (Å²) in [5.41, 5.74) is 2.34. The van der Waals surface area contributed by atoms with Crippen LogP contribution in [0.5, 0.6) is 0 Å². The Morgan fingerprint density at radius 1 is 1.28 bits per heavy atom. The summed E-state index contributed by atoms with van der Waals surface area (Å²) in [6, 6.07) is 3.81. The van der Waals surface area contributed by atoms with E-state index in [-0.39, 0.29) is 24.0 Å². The highest BCUT2D eigenvalue weighted by Gasteiger charge is 1.99. The molecule has 0 saturated carbocycles. The van der Waals surface area contributed by atoms with Crippen LogP contribution in [-0.2, 0) is 13.0 Å². The topological polar surface area (TPSA) is 67.1 Å². The minimum absolute atomic E-state index is 0. The van der Waals surface area contributed by atoms with E-state index in [0.29, 0.717) is 5.15 Å². The van der Waals surface area contributed by atoms with Gasteiger partial charge in [0.15, 0.2) is 5.96 Å². The normalized spacial score (nSPS) is 11.1. The van der Waals surface area contributed by atoms with Crippen LogP contribution in [0.3, 0.4) is 0 Å². The second kappa shape index (κ2) is 12.1. The minimum atomic E-state index is 0.